The Morgan fingerprint density at radius 2 is 1.77 bits per heavy atom. The van der Waals surface area contributed by atoms with Crippen molar-refractivity contribution in [2.45, 2.75) is 6.18 Å². The molecule has 1 N–H and O–H groups in total. The first-order valence-corrected chi connectivity index (χ1v) is 6.59. The lowest BCUT2D eigenvalue weighted by Gasteiger charge is -2.16. The average Bonchev–Trinajstić information content (AvgIpc) is 2.53. The number of alkyl halides is 3. The number of halogens is 3. The molecule has 0 fully saturated rings. The first-order valence-electron chi connectivity index (χ1n) is 6.59. The van der Waals surface area contributed by atoms with E-state index in [1.807, 2.05) is 0 Å². The molecular weight excluding hydrogens is 291 g/mol. The summed E-state index contributed by atoms with van der Waals surface area (Å²) in [6.07, 6.45) is 0.110. The first-order chi connectivity index (χ1) is 10.5. The number of hydrogen-bond donors (Lipinski definition) is 1. The van der Waals surface area contributed by atoms with Crippen molar-refractivity contribution in [1.29, 1.82) is 0 Å². The molecule has 0 aliphatic heterocycles. The third-order valence-electron chi connectivity index (χ3n) is 3.45. The molecule has 0 atom stereocenters. The molecule has 0 bridgehead atoms. The van der Waals surface area contributed by atoms with Gasteiger partial charge in [0.25, 0.3) is 0 Å². The summed E-state index contributed by atoms with van der Waals surface area (Å²) < 4.78 is 40.2. The van der Waals surface area contributed by atoms with Gasteiger partial charge in [0, 0.05) is 42.0 Å². The van der Waals surface area contributed by atoms with Crippen molar-refractivity contribution in [2.24, 2.45) is 0 Å². The van der Waals surface area contributed by atoms with Crippen LogP contribution < -0.4 is 5.32 Å². The Kier molecular flexibility index (Phi) is 3.44. The summed E-state index contributed by atoms with van der Waals surface area (Å²) in [5.41, 5.74) is 0.409. The van der Waals surface area contributed by atoms with Gasteiger partial charge in [0.15, 0.2) is 0 Å². The van der Waals surface area contributed by atoms with Gasteiger partial charge in [-0.2, -0.15) is 13.2 Å². The summed E-state index contributed by atoms with van der Waals surface area (Å²) >= 11 is 0. The van der Waals surface area contributed by atoms with E-state index in [-0.39, 0.29) is 5.39 Å². The molecule has 6 heteroatoms. The topological polar surface area (TPSA) is 37.8 Å². The Labute approximate surface area is 124 Å². The number of anilines is 1. The van der Waals surface area contributed by atoms with Crippen LogP contribution in [0.5, 0.6) is 0 Å². The minimum absolute atomic E-state index is 0.139. The summed E-state index contributed by atoms with van der Waals surface area (Å²) in [5, 5.41) is 3.41. The monoisotopic (exact) mass is 303 g/mol. The van der Waals surface area contributed by atoms with E-state index in [4.69, 9.17) is 0 Å². The van der Waals surface area contributed by atoms with E-state index in [2.05, 4.69) is 15.3 Å². The quantitative estimate of drug-likeness (QED) is 0.764. The van der Waals surface area contributed by atoms with Crippen LogP contribution in [-0.4, -0.2) is 17.0 Å². The fraction of sp³-hybridized carbons (Fsp3) is 0.125. The van der Waals surface area contributed by atoms with Crippen LogP contribution in [0.15, 0.2) is 48.9 Å². The normalized spacial score (nSPS) is 11.6. The van der Waals surface area contributed by atoms with Gasteiger partial charge in [-0.1, -0.05) is 12.1 Å². The summed E-state index contributed by atoms with van der Waals surface area (Å²) in [6.45, 7) is 0. The zero-order valence-corrected chi connectivity index (χ0v) is 11.6. The van der Waals surface area contributed by atoms with E-state index in [0.29, 0.717) is 22.3 Å². The van der Waals surface area contributed by atoms with Crippen molar-refractivity contribution < 1.29 is 13.2 Å². The number of rotatable bonds is 2. The number of aromatic nitrogens is 2. The lowest BCUT2D eigenvalue weighted by Crippen LogP contribution is -2.07. The number of nitrogens with zero attached hydrogens (tertiary/aromatic N) is 2. The average molecular weight is 303 g/mol. The number of benzene rings is 1. The van der Waals surface area contributed by atoms with Crippen LogP contribution >= 0.6 is 0 Å². The molecule has 3 nitrogen and oxygen atoms in total. The second kappa shape index (κ2) is 5.29. The van der Waals surface area contributed by atoms with Gasteiger partial charge >= 0.3 is 6.18 Å². The molecule has 2 aromatic heterocycles. The molecule has 0 aliphatic rings. The maximum absolute atomic E-state index is 13.4. The second-order valence-electron chi connectivity index (χ2n) is 4.73. The molecule has 0 unspecified atom stereocenters. The van der Waals surface area contributed by atoms with E-state index in [9.17, 15) is 13.2 Å². The van der Waals surface area contributed by atoms with Crippen molar-refractivity contribution >= 4 is 16.6 Å². The molecule has 0 spiro atoms. The van der Waals surface area contributed by atoms with E-state index < -0.39 is 11.7 Å². The van der Waals surface area contributed by atoms with Crippen molar-refractivity contribution in [2.75, 3.05) is 12.4 Å². The van der Waals surface area contributed by atoms with Gasteiger partial charge in [0.2, 0.25) is 0 Å². The van der Waals surface area contributed by atoms with Crippen LogP contribution in [0, 0.1) is 0 Å². The predicted molar refractivity (Wildman–Crippen MR) is 79.5 cm³/mol. The Hall–Kier alpha value is -2.63. The van der Waals surface area contributed by atoms with Crippen molar-refractivity contribution in [1.82, 2.24) is 9.97 Å². The molecule has 0 saturated heterocycles. The summed E-state index contributed by atoms with van der Waals surface area (Å²) in [4.78, 5) is 8.13. The minimum atomic E-state index is -4.44. The summed E-state index contributed by atoms with van der Waals surface area (Å²) in [7, 11) is 1.63. The van der Waals surface area contributed by atoms with Gasteiger partial charge in [-0.25, -0.2) is 4.98 Å². The van der Waals surface area contributed by atoms with Gasteiger partial charge in [-0.05, 0) is 23.8 Å². The highest BCUT2D eigenvalue weighted by Gasteiger charge is 2.33. The first kappa shape index (κ1) is 14.3. The maximum atomic E-state index is 13.4. The van der Waals surface area contributed by atoms with Crippen molar-refractivity contribution in [3.05, 3.63) is 54.5 Å². The van der Waals surface area contributed by atoms with Crippen LogP contribution in [0.3, 0.4) is 0 Å². The van der Waals surface area contributed by atoms with Crippen LogP contribution in [0.2, 0.25) is 0 Å². The highest BCUT2D eigenvalue weighted by Crippen LogP contribution is 2.40. The SMILES string of the molecule is CNc1ncc(-c2ccncc2)c2c(C(F)(F)F)cccc12. The van der Waals surface area contributed by atoms with Gasteiger partial charge in [-0.3, -0.25) is 4.98 Å². The molecule has 112 valence electrons. The van der Waals surface area contributed by atoms with Gasteiger partial charge in [-0.15, -0.1) is 0 Å². The minimum Gasteiger partial charge on any atom is -0.373 e. The molecular formula is C16H12F3N3. The largest absolute Gasteiger partial charge is 0.417 e. The lowest BCUT2D eigenvalue weighted by atomic mass is 9.96. The van der Waals surface area contributed by atoms with Crippen LogP contribution in [0.4, 0.5) is 19.0 Å². The van der Waals surface area contributed by atoms with Gasteiger partial charge in [0.1, 0.15) is 5.82 Å². The van der Waals surface area contributed by atoms with Crippen molar-refractivity contribution in [3.63, 3.8) is 0 Å². The fourth-order valence-electron chi connectivity index (χ4n) is 2.49. The molecule has 22 heavy (non-hydrogen) atoms. The van der Waals surface area contributed by atoms with Crippen molar-refractivity contribution in [3.8, 4) is 11.1 Å². The van der Waals surface area contributed by atoms with Crippen LogP contribution in [-0.2, 0) is 6.18 Å². The number of fused-ring (bicyclic) bond motifs is 1. The number of hydrogen-bond acceptors (Lipinski definition) is 3. The Morgan fingerprint density at radius 3 is 2.41 bits per heavy atom. The Morgan fingerprint density at radius 1 is 1.05 bits per heavy atom. The van der Waals surface area contributed by atoms with Gasteiger partial charge in [0.05, 0.1) is 5.56 Å². The Bertz CT molecular complexity index is 814. The molecule has 2 heterocycles. The van der Waals surface area contributed by atoms with Crippen LogP contribution in [0.1, 0.15) is 5.56 Å². The molecule has 0 amide bonds. The fourth-order valence-corrected chi connectivity index (χ4v) is 2.49. The highest BCUT2D eigenvalue weighted by molar-refractivity contribution is 6.03. The maximum Gasteiger partial charge on any atom is 0.417 e. The summed E-state index contributed by atoms with van der Waals surface area (Å²) in [5.74, 6) is 0.416. The van der Waals surface area contributed by atoms with Gasteiger partial charge < -0.3 is 5.32 Å². The zero-order valence-electron chi connectivity index (χ0n) is 11.6. The highest BCUT2D eigenvalue weighted by atomic mass is 19.4. The zero-order chi connectivity index (χ0) is 15.7. The number of nitrogens with one attached hydrogen (secondary N) is 1. The van der Waals surface area contributed by atoms with Crippen LogP contribution in [0.25, 0.3) is 21.9 Å². The molecule has 3 aromatic rings. The molecule has 0 aliphatic carbocycles. The molecule has 1 aromatic carbocycles. The molecule has 3 rings (SSSR count). The van der Waals surface area contributed by atoms with E-state index in [1.165, 1.54) is 12.3 Å². The Balaban J connectivity index is 2.43. The second-order valence-corrected chi connectivity index (χ2v) is 4.73. The predicted octanol–water partition coefficient (Wildman–Crippen LogP) is 4.36. The standard InChI is InChI=1S/C16H12F3N3/c1-20-15-11-3-2-4-13(16(17,18)19)14(11)12(9-22-15)10-5-7-21-8-6-10/h2-9H,1H3,(H,20,22). The van der Waals surface area contributed by atoms with E-state index in [0.717, 1.165) is 6.07 Å². The third kappa shape index (κ3) is 2.36. The van der Waals surface area contributed by atoms with E-state index >= 15 is 0 Å². The smallest absolute Gasteiger partial charge is 0.373 e. The molecule has 0 saturated carbocycles. The number of pyridine rings is 2. The third-order valence-corrected chi connectivity index (χ3v) is 3.45. The lowest BCUT2D eigenvalue weighted by molar-refractivity contribution is -0.136. The molecule has 0 radical (unpaired) electrons. The summed E-state index contributed by atoms with van der Waals surface area (Å²) in [6, 6.07) is 7.45. The van der Waals surface area contributed by atoms with E-state index in [1.54, 1.807) is 37.6 Å².